The lowest BCUT2D eigenvalue weighted by molar-refractivity contribution is -0.122. The standard InChI is InChI=1S/C21H26N2O3/c1-13(2)22-21(25)17-10-6-7-11-18(17)23-20(24)16(5)26-19-12-8-9-14(3)15(19)4/h6-13,16H,1-5H3,(H,22,25)(H,23,24). The zero-order chi connectivity index (χ0) is 19.3. The maximum atomic E-state index is 12.5. The number of ether oxygens (including phenoxy) is 1. The largest absolute Gasteiger partial charge is 0.481 e. The zero-order valence-corrected chi connectivity index (χ0v) is 15.9. The fourth-order valence-electron chi connectivity index (χ4n) is 2.46. The summed E-state index contributed by atoms with van der Waals surface area (Å²) in [6.45, 7) is 9.42. The topological polar surface area (TPSA) is 67.4 Å². The molecule has 2 aromatic rings. The van der Waals surface area contributed by atoms with Gasteiger partial charge in [0.15, 0.2) is 6.10 Å². The first-order valence-corrected chi connectivity index (χ1v) is 8.73. The van der Waals surface area contributed by atoms with Gasteiger partial charge >= 0.3 is 0 Å². The fraction of sp³-hybridized carbons (Fsp3) is 0.333. The molecule has 2 rings (SSSR count). The molecule has 138 valence electrons. The Balaban J connectivity index is 2.12. The summed E-state index contributed by atoms with van der Waals surface area (Å²) in [5.41, 5.74) is 3.00. The Kier molecular flexibility index (Phi) is 6.39. The molecule has 0 bridgehead atoms. The smallest absolute Gasteiger partial charge is 0.265 e. The number of aryl methyl sites for hydroxylation is 1. The summed E-state index contributed by atoms with van der Waals surface area (Å²) >= 11 is 0. The van der Waals surface area contributed by atoms with Gasteiger partial charge in [-0.05, 0) is 63.9 Å². The van der Waals surface area contributed by atoms with Gasteiger partial charge < -0.3 is 15.4 Å². The van der Waals surface area contributed by atoms with Gasteiger partial charge in [-0.15, -0.1) is 0 Å². The van der Waals surface area contributed by atoms with E-state index in [1.807, 2.05) is 45.9 Å². The molecule has 0 aromatic heterocycles. The minimum absolute atomic E-state index is 0.0119. The van der Waals surface area contributed by atoms with E-state index < -0.39 is 6.10 Å². The van der Waals surface area contributed by atoms with Crippen LogP contribution in [0.2, 0.25) is 0 Å². The fourth-order valence-corrected chi connectivity index (χ4v) is 2.46. The number of benzene rings is 2. The van der Waals surface area contributed by atoms with Crippen molar-refractivity contribution in [1.82, 2.24) is 5.32 Å². The normalized spacial score (nSPS) is 11.8. The first-order chi connectivity index (χ1) is 12.3. The van der Waals surface area contributed by atoms with Crippen molar-refractivity contribution < 1.29 is 14.3 Å². The number of hydrogen-bond acceptors (Lipinski definition) is 3. The van der Waals surface area contributed by atoms with Crippen LogP contribution in [0, 0.1) is 13.8 Å². The average Bonchev–Trinajstić information content (AvgIpc) is 2.58. The van der Waals surface area contributed by atoms with Gasteiger partial charge in [-0.1, -0.05) is 24.3 Å². The number of amides is 2. The van der Waals surface area contributed by atoms with E-state index in [-0.39, 0.29) is 17.9 Å². The van der Waals surface area contributed by atoms with E-state index in [9.17, 15) is 9.59 Å². The molecule has 0 aliphatic carbocycles. The summed E-state index contributed by atoms with van der Waals surface area (Å²) < 4.78 is 5.81. The molecule has 2 amide bonds. The van der Waals surface area contributed by atoms with Gasteiger partial charge in [0.25, 0.3) is 11.8 Å². The van der Waals surface area contributed by atoms with Gasteiger partial charge in [0, 0.05) is 6.04 Å². The summed E-state index contributed by atoms with van der Waals surface area (Å²) in [7, 11) is 0. The Labute approximate surface area is 154 Å². The van der Waals surface area contributed by atoms with Crippen LogP contribution in [-0.2, 0) is 4.79 Å². The second-order valence-corrected chi connectivity index (χ2v) is 6.62. The Morgan fingerprint density at radius 1 is 0.962 bits per heavy atom. The molecular weight excluding hydrogens is 328 g/mol. The second-order valence-electron chi connectivity index (χ2n) is 6.62. The van der Waals surface area contributed by atoms with E-state index in [1.165, 1.54) is 0 Å². The molecule has 0 heterocycles. The van der Waals surface area contributed by atoms with Crippen LogP contribution in [0.4, 0.5) is 5.69 Å². The van der Waals surface area contributed by atoms with Crippen molar-refractivity contribution >= 4 is 17.5 Å². The monoisotopic (exact) mass is 354 g/mol. The highest BCUT2D eigenvalue weighted by molar-refractivity contribution is 6.04. The highest BCUT2D eigenvalue weighted by atomic mass is 16.5. The van der Waals surface area contributed by atoms with Crippen molar-refractivity contribution in [3.63, 3.8) is 0 Å². The van der Waals surface area contributed by atoms with E-state index in [0.717, 1.165) is 11.1 Å². The summed E-state index contributed by atoms with van der Waals surface area (Å²) in [6, 6.07) is 12.7. The average molecular weight is 354 g/mol. The van der Waals surface area contributed by atoms with Gasteiger partial charge in [-0.25, -0.2) is 0 Å². The lowest BCUT2D eigenvalue weighted by atomic mass is 10.1. The van der Waals surface area contributed by atoms with Crippen molar-refractivity contribution in [2.75, 3.05) is 5.32 Å². The summed E-state index contributed by atoms with van der Waals surface area (Å²) in [4.78, 5) is 24.8. The molecule has 1 atom stereocenters. The molecule has 5 heteroatoms. The van der Waals surface area contributed by atoms with Crippen LogP contribution in [0.25, 0.3) is 0 Å². The molecule has 0 aliphatic heterocycles. The summed E-state index contributed by atoms with van der Waals surface area (Å²) in [6.07, 6.45) is -0.697. The molecule has 0 aliphatic rings. The molecule has 26 heavy (non-hydrogen) atoms. The highest BCUT2D eigenvalue weighted by Gasteiger charge is 2.19. The maximum Gasteiger partial charge on any atom is 0.265 e. The van der Waals surface area contributed by atoms with Crippen molar-refractivity contribution in [3.8, 4) is 5.75 Å². The van der Waals surface area contributed by atoms with E-state index in [0.29, 0.717) is 17.0 Å². The van der Waals surface area contributed by atoms with Gasteiger partial charge in [0.1, 0.15) is 5.75 Å². The predicted octanol–water partition coefficient (Wildman–Crippen LogP) is 3.85. The molecule has 5 nitrogen and oxygen atoms in total. The van der Waals surface area contributed by atoms with E-state index in [1.54, 1.807) is 31.2 Å². The molecule has 0 saturated carbocycles. The lowest BCUT2D eigenvalue weighted by Gasteiger charge is -2.18. The molecule has 0 fully saturated rings. The number of hydrogen-bond donors (Lipinski definition) is 2. The third-order valence-electron chi connectivity index (χ3n) is 4.08. The van der Waals surface area contributed by atoms with Gasteiger partial charge in [-0.3, -0.25) is 9.59 Å². The van der Waals surface area contributed by atoms with Gasteiger partial charge in [0.05, 0.1) is 11.3 Å². The molecule has 0 spiro atoms. The minimum Gasteiger partial charge on any atom is -0.481 e. The SMILES string of the molecule is Cc1cccc(OC(C)C(=O)Nc2ccccc2C(=O)NC(C)C)c1C. The number of para-hydroxylation sites is 1. The second kappa shape index (κ2) is 8.52. The zero-order valence-electron chi connectivity index (χ0n) is 15.9. The third kappa shape index (κ3) is 4.85. The Hall–Kier alpha value is -2.82. The molecule has 0 radical (unpaired) electrons. The van der Waals surface area contributed by atoms with Gasteiger partial charge in [0.2, 0.25) is 0 Å². The number of rotatable bonds is 6. The van der Waals surface area contributed by atoms with Gasteiger partial charge in [-0.2, -0.15) is 0 Å². The van der Waals surface area contributed by atoms with Crippen molar-refractivity contribution in [3.05, 3.63) is 59.2 Å². The van der Waals surface area contributed by atoms with Crippen LogP contribution < -0.4 is 15.4 Å². The first kappa shape index (κ1) is 19.5. The number of carbonyl (C=O) groups excluding carboxylic acids is 2. The van der Waals surface area contributed by atoms with Crippen molar-refractivity contribution in [2.45, 2.75) is 46.8 Å². The summed E-state index contributed by atoms with van der Waals surface area (Å²) in [5, 5.41) is 5.63. The third-order valence-corrected chi connectivity index (χ3v) is 4.08. The van der Waals surface area contributed by atoms with Crippen LogP contribution in [0.1, 0.15) is 42.3 Å². The van der Waals surface area contributed by atoms with Crippen LogP contribution in [0.5, 0.6) is 5.75 Å². The highest BCUT2D eigenvalue weighted by Crippen LogP contribution is 2.22. The van der Waals surface area contributed by atoms with Crippen LogP contribution in [-0.4, -0.2) is 24.0 Å². The molecule has 1 unspecified atom stereocenters. The van der Waals surface area contributed by atoms with Crippen molar-refractivity contribution in [1.29, 1.82) is 0 Å². The Morgan fingerprint density at radius 2 is 1.65 bits per heavy atom. The lowest BCUT2D eigenvalue weighted by Crippen LogP contribution is -2.33. The van der Waals surface area contributed by atoms with E-state index in [2.05, 4.69) is 10.6 Å². The Bertz CT molecular complexity index is 800. The maximum absolute atomic E-state index is 12.5. The van der Waals surface area contributed by atoms with Crippen LogP contribution in [0.15, 0.2) is 42.5 Å². The minimum atomic E-state index is -0.697. The quantitative estimate of drug-likeness (QED) is 0.828. The Morgan fingerprint density at radius 3 is 2.35 bits per heavy atom. The summed E-state index contributed by atoms with van der Waals surface area (Å²) in [5.74, 6) is 0.146. The van der Waals surface area contributed by atoms with Crippen molar-refractivity contribution in [2.24, 2.45) is 0 Å². The van der Waals surface area contributed by atoms with Crippen LogP contribution in [0.3, 0.4) is 0 Å². The van der Waals surface area contributed by atoms with E-state index >= 15 is 0 Å². The number of carbonyl (C=O) groups is 2. The predicted molar refractivity (Wildman–Crippen MR) is 104 cm³/mol. The van der Waals surface area contributed by atoms with E-state index in [4.69, 9.17) is 4.74 Å². The number of nitrogens with one attached hydrogen (secondary N) is 2. The molecule has 2 aromatic carbocycles. The first-order valence-electron chi connectivity index (χ1n) is 8.73. The van der Waals surface area contributed by atoms with Crippen LogP contribution >= 0.6 is 0 Å². The molecule has 0 saturated heterocycles. The number of anilines is 1. The molecular formula is C21H26N2O3. The molecule has 2 N–H and O–H groups in total.